The van der Waals surface area contributed by atoms with Crippen LogP contribution in [-0.2, 0) is 13.6 Å². The first-order valence-electron chi connectivity index (χ1n) is 4.62. The Bertz CT molecular complexity index is 503. The number of carbonyl (C=O) groups is 1. The number of nitrogen functional groups attached to an aromatic ring is 1. The lowest BCUT2D eigenvalue weighted by molar-refractivity contribution is 0.0954. The molecule has 0 aliphatic carbocycles. The van der Waals surface area contributed by atoms with Crippen molar-refractivity contribution >= 4 is 22.9 Å². The maximum atomic E-state index is 11.7. The summed E-state index contributed by atoms with van der Waals surface area (Å²) in [5, 5.41) is 12.1. The molecular formula is C9H11N5OS. The standard InChI is InChI=1S/C9H11N5OS/c1-14-5-12-13-7(14)4-11-9(15)8-6(10)2-3-16-8/h2-3,5H,4,10H2,1H3,(H,11,15). The van der Waals surface area contributed by atoms with Gasteiger partial charge < -0.3 is 15.6 Å². The molecule has 2 aromatic rings. The molecule has 0 aromatic carbocycles. The third-order valence-corrected chi connectivity index (χ3v) is 3.04. The van der Waals surface area contributed by atoms with Gasteiger partial charge in [0.25, 0.3) is 5.91 Å². The predicted octanol–water partition coefficient (Wildman–Crippen LogP) is 0.389. The minimum absolute atomic E-state index is 0.185. The maximum Gasteiger partial charge on any atom is 0.263 e. The summed E-state index contributed by atoms with van der Waals surface area (Å²) >= 11 is 1.32. The molecular weight excluding hydrogens is 226 g/mol. The highest BCUT2D eigenvalue weighted by molar-refractivity contribution is 7.12. The number of thiophene rings is 1. The van der Waals surface area contributed by atoms with E-state index in [1.165, 1.54) is 11.3 Å². The zero-order valence-electron chi connectivity index (χ0n) is 8.67. The number of nitrogens with zero attached hydrogens (tertiary/aromatic N) is 3. The van der Waals surface area contributed by atoms with E-state index in [0.717, 1.165) is 0 Å². The van der Waals surface area contributed by atoms with Gasteiger partial charge in [0.1, 0.15) is 11.2 Å². The van der Waals surface area contributed by atoms with Gasteiger partial charge in [-0.25, -0.2) is 0 Å². The van der Waals surface area contributed by atoms with E-state index in [1.54, 1.807) is 22.3 Å². The van der Waals surface area contributed by atoms with Crippen molar-refractivity contribution in [2.75, 3.05) is 5.73 Å². The van der Waals surface area contributed by atoms with Gasteiger partial charge >= 0.3 is 0 Å². The number of aromatic nitrogens is 3. The molecule has 7 heteroatoms. The number of nitrogens with one attached hydrogen (secondary N) is 1. The topological polar surface area (TPSA) is 85.8 Å². The van der Waals surface area contributed by atoms with Crippen LogP contribution in [0.5, 0.6) is 0 Å². The van der Waals surface area contributed by atoms with Crippen LogP contribution in [0.3, 0.4) is 0 Å². The molecule has 0 bridgehead atoms. The van der Waals surface area contributed by atoms with Crippen molar-refractivity contribution in [2.24, 2.45) is 7.05 Å². The van der Waals surface area contributed by atoms with E-state index in [0.29, 0.717) is 22.9 Å². The fourth-order valence-electron chi connectivity index (χ4n) is 1.21. The second-order valence-corrected chi connectivity index (χ2v) is 4.16. The van der Waals surface area contributed by atoms with E-state index >= 15 is 0 Å². The van der Waals surface area contributed by atoms with E-state index in [1.807, 2.05) is 7.05 Å². The van der Waals surface area contributed by atoms with Crippen LogP contribution in [0.15, 0.2) is 17.8 Å². The van der Waals surface area contributed by atoms with Gasteiger partial charge in [-0.15, -0.1) is 21.5 Å². The maximum absolute atomic E-state index is 11.7. The number of aryl methyl sites for hydroxylation is 1. The van der Waals surface area contributed by atoms with E-state index in [2.05, 4.69) is 15.5 Å². The quantitative estimate of drug-likeness (QED) is 0.808. The second-order valence-electron chi connectivity index (χ2n) is 3.25. The van der Waals surface area contributed by atoms with E-state index < -0.39 is 0 Å². The lowest BCUT2D eigenvalue weighted by atomic mass is 10.4. The Morgan fingerprint density at radius 2 is 2.50 bits per heavy atom. The number of nitrogens with two attached hydrogens (primary N) is 1. The van der Waals surface area contributed by atoms with Gasteiger partial charge in [-0.3, -0.25) is 4.79 Å². The molecule has 16 heavy (non-hydrogen) atoms. The van der Waals surface area contributed by atoms with Gasteiger partial charge in [-0.2, -0.15) is 0 Å². The Hall–Kier alpha value is -1.89. The molecule has 0 fully saturated rings. The van der Waals surface area contributed by atoms with Crippen LogP contribution in [0.25, 0.3) is 0 Å². The predicted molar refractivity (Wildman–Crippen MR) is 60.9 cm³/mol. The minimum atomic E-state index is -0.185. The molecule has 0 radical (unpaired) electrons. The van der Waals surface area contributed by atoms with Crippen molar-refractivity contribution in [1.82, 2.24) is 20.1 Å². The summed E-state index contributed by atoms with van der Waals surface area (Å²) in [6.07, 6.45) is 1.58. The van der Waals surface area contributed by atoms with Crippen molar-refractivity contribution < 1.29 is 4.79 Å². The largest absolute Gasteiger partial charge is 0.397 e. The zero-order chi connectivity index (χ0) is 11.5. The Kier molecular flexibility index (Phi) is 2.86. The number of amides is 1. The first-order chi connectivity index (χ1) is 7.68. The smallest absolute Gasteiger partial charge is 0.263 e. The number of hydrogen-bond acceptors (Lipinski definition) is 5. The summed E-state index contributed by atoms with van der Waals surface area (Å²) in [4.78, 5) is 12.2. The van der Waals surface area contributed by atoms with E-state index in [9.17, 15) is 4.79 Å². The molecule has 0 aliphatic heterocycles. The van der Waals surface area contributed by atoms with E-state index in [4.69, 9.17) is 5.73 Å². The normalized spacial score (nSPS) is 10.3. The third kappa shape index (κ3) is 2.03. The third-order valence-electron chi connectivity index (χ3n) is 2.11. The average molecular weight is 237 g/mol. The molecule has 2 heterocycles. The molecule has 0 aliphatic rings. The fraction of sp³-hybridized carbons (Fsp3) is 0.222. The Labute approximate surface area is 96.1 Å². The minimum Gasteiger partial charge on any atom is -0.397 e. The molecule has 2 rings (SSSR count). The SMILES string of the molecule is Cn1cnnc1CNC(=O)c1sccc1N. The number of rotatable bonds is 3. The molecule has 84 valence electrons. The number of anilines is 1. The van der Waals surface area contributed by atoms with Crippen LogP contribution < -0.4 is 11.1 Å². The molecule has 0 spiro atoms. The van der Waals surface area contributed by atoms with Gasteiger partial charge in [-0.1, -0.05) is 0 Å². The van der Waals surface area contributed by atoms with Crippen LogP contribution in [0.1, 0.15) is 15.5 Å². The van der Waals surface area contributed by atoms with Gasteiger partial charge in [-0.05, 0) is 11.4 Å². The summed E-state index contributed by atoms with van der Waals surface area (Å²) in [5.74, 6) is 0.513. The lowest BCUT2D eigenvalue weighted by Gasteiger charge is -2.03. The molecule has 1 amide bonds. The molecule has 2 aromatic heterocycles. The van der Waals surface area contributed by atoms with Crippen molar-refractivity contribution in [3.05, 3.63) is 28.5 Å². The Morgan fingerprint density at radius 1 is 1.69 bits per heavy atom. The van der Waals surface area contributed by atoms with Crippen molar-refractivity contribution in [2.45, 2.75) is 6.54 Å². The lowest BCUT2D eigenvalue weighted by Crippen LogP contribution is -2.24. The fourth-order valence-corrected chi connectivity index (χ4v) is 1.94. The molecule has 0 unspecified atom stereocenters. The van der Waals surface area contributed by atoms with Crippen molar-refractivity contribution in [1.29, 1.82) is 0 Å². The summed E-state index contributed by atoms with van der Waals surface area (Å²) in [6, 6.07) is 1.71. The molecule has 3 N–H and O–H groups in total. The molecule has 0 atom stereocenters. The van der Waals surface area contributed by atoms with Gasteiger partial charge in [0.15, 0.2) is 5.82 Å². The van der Waals surface area contributed by atoms with Crippen molar-refractivity contribution in [3.8, 4) is 0 Å². The van der Waals surface area contributed by atoms with Crippen LogP contribution in [0.2, 0.25) is 0 Å². The molecule has 0 saturated heterocycles. The van der Waals surface area contributed by atoms with Gasteiger partial charge in [0.05, 0.1) is 12.2 Å². The second kappa shape index (κ2) is 4.31. The van der Waals surface area contributed by atoms with E-state index in [-0.39, 0.29) is 5.91 Å². The first kappa shape index (κ1) is 10.6. The Balaban J connectivity index is 1.99. The van der Waals surface area contributed by atoms with Crippen LogP contribution >= 0.6 is 11.3 Å². The molecule has 6 nitrogen and oxygen atoms in total. The monoisotopic (exact) mass is 237 g/mol. The summed E-state index contributed by atoms with van der Waals surface area (Å²) < 4.78 is 1.75. The zero-order valence-corrected chi connectivity index (χ0v) is 9.49. The Morgan fingerprint density at radius 3 is 3.06 bits per heavy atom. The van der Waals surface area contributed by atoms with Crippen LogP contribution in [-0.4, -0.2) is 20.7 Å². The van der Waals surface area contributed by atoms with Gasteiger partial charge in [0, 0.05) is 7.05 Å². The van der Waals surface area contributed by atoms with Crippen molar-refractivity contribution in [3.63, 3.8) is 0 Å². The highest BCUT2D eigenvalue weighted by Gasteiger charge is 2.11. The summed E-state index contributed by atoms with van der Waals surface area (Å²) in [7, 11) is 1.82. The highest BCUT2D eigenvalue weighted by Crippen LogP contribution is 2.18. The number of hydrogen-bond donors (Lipinski definition) is 2. The average Bonchev–Trinajstić information content (AvgIpc) is 2.84. The van der Waals surface area contributed by atoms with Crippen LogP contribution in [0.4, 0.5) is 5.69 Å². The molecule has 0 saturated carbocycles. The number of carbonyl (C=O) groups excluding carboxylic acids is 1. The summed E-state index contributed by atoms with van der Waals surface area (Å²) in [6.45, 7) is 0.340. The van der Waals surface area contributed by atoms with Gasteiger partial charge in [0.2, 0.25) is 0 Å². The summed E-state index contributed by atoms with van der Waals surface area (Å²) in [5.41, 5.74) is 6.14. The highest BCUT2D eigenvalue weighted by atomic mass is 32.1. The first-order valence-corrected chi connectivity index (χ1v) is 5.50. The van der Waals surface area contributed by atoms with Crippen LogP contribution in [0, 0.1) is 0 Å².